The fourth-order valence-corrected chi connectivity index (χ4v) is 3.19. The van der Waals surface area contributed by atoms with Crippen LogP contribution in [0.5, 0.6) is 0 Å². The largest absolute Gasteiger partial charge is 0.465 e. The molecule has 2 N–H and O–H groups in total. The lowest BCUT2D eigenvalue weighted by Gasteiger charge is -2.32. The minimum Gasteiger partial charge on any atom is -0.465 e. The highest BCUT2D eigenvalue weighted by atomic mass is 16.5. The van der Waals surface area contributed by atoms with Gasteiger partial charge in [-0.25, -0.2) is 9.59 Å². The zero-order valence-electron chi connectivity index (χ0n) is 15.7. The van der Waals surface area contributed by atoms with Crippen molar-refractivity contribution in [2.24, 2.45) is 5.92 Å². The number of para-hydroxylation sites is 1. The number of benzene rings is 2. The number of urea groups is 1. The number of rotatable bonds is 4. The summed E-state index contributed by atoms with van der Waals surface area (Å²) < 4.78 is 4.74. The van der Waals surface area contributed by atoms with E-state index < -0.39 is 12.0 Å². The molecule has 2 aromatic rings. The van der Waals surface area contributed by atoms with Crippen LogP contribution in [-0.2, 0) is 4.74 Å². The van der Waals surface area contributed by atoms with Gasteiger partial charge in [-0.15, -0.1) is 0 Å². The van der Waals surface area contributed by atoms with Crippen LogP contribution in [0.4, 0.5) is 21.9 Å². The molecule has 142 valence electrons. The van der Waals surface area contributed by atoms with Gasteiger partial charge in [-0.2, -0.15) is 0 Å². The van der Waals surface area contributed by atoms with Crippen LogP contribution < -0.4 is 15.5 Å². The molecule has 0 atom stereocenters. The Kier molecular flexibility index (Phi) is 5.96. The second-order valence-corrected chi connectivity index (χ2v) is 6.83. The van der Waals surface area contributed by atoms with Gasteiger partial charge in [0.1, 0.15) is 0 Å². The van der Waals surface area contributed by atoms with Crippen molar-refractivity contribution in [1.82, 2.24) is 0 Å². The number of carbonyl (C=O) groups excluding carboxylic acids is 2. The van der Waals surface area contributed by atoms with E-state index in [0.29, 0.717) is 16.9 Å². The van der Waals surface area contributed by atoms with Crippen molar-refractivity contribution in [2.75, 3.05) is 35.7 Å². The van der Waals surface area contributed by atoms with Crippen molar-refractivity contribution in [2.45, 2.75) is 19.8 Å². The molecule has 0 bridgehead atoms. The summed E-state index contributed by atoms with van der Waals surface area (Å²) in [6, 6.07) is 14.1. The van der Waals surface area contributed by atoms with Crippen molar-refractivity contribution in [3.05, 3.63) is 54.1 Å². The van der Waals surface area contributed by atoms with Crippen LogP contribution >= 0.6 is 0 Å². The van der Waals surface area contributed by atoms with Crippen LogP contribution in [0.3, 0.4) is 0 Å². The summed E-state index contributed by atoms with van der Waals surface area (Å²) in [6.45, 7) is 4.43. The van der Waals surface area contributed by atoms with Gasteiger partial charge in [-0.1, -0.05) is 19.1 Å². The number of amides is 2. The average molecular weight is 367 g/mol. The fraction of sp³-hybridized carbons (Fsp3) is 0.333. The molecule has 3 rings (SSSR count). The highest BCUT2D eigenvalue weighted by Crippen LogP contribution is 2.24. The predicted molar refractivity (Wildman–Crippen MR) is 107 cm³/mol. The molecule has 0 spiro atoms. The van der Waals surface area contributed by atoms with E-state index in [-0.39, 0.29) is 0 Å². The van der Waals surface area contributed by atoms with Crippen LogP contribution in [0.2, 0.25) is 0 Å². The van der Waals surface area contributed by atoms with Crippen LogP contribution in [0, 0.1) is 5.92 Å². The monoisotopic (exact) mass is 367 g/mol. The molecule has 27 heavy (non-hydrogen) atoms. The minimum atomic E-state index is -0.494. The van der Waals surface area contributed by atoms with Crippen molar-refractivity contribution >= 4 is 29.1 Å². The molecule has 1 fully saturated rings. The summed E-state index contributed by atoms with van der Waals surface area (Å²) >= 11 is 0. The number of ether oxygens (including phenoxy) is 1. The van der Waals surface area contributed by atoms with E-state index in [1.807, 2.05) is 24.3 Å². The maximum absolute atomic E-state index is 12.3. The molecule has 1 heterocycles. The van der Waals surface area contributed by atoms with Crippen molar-refractivity contribution in [1.29, 1.82) is 0 Å². The lowest BCUT2D eigenvalue weighted by Crippen LogP contribution is -2.32. The van der Waals surface area contributed by atoms with Gasteiger partial charge >= 0.3 is 12.0 Å². The van der Waals surface area contributed by atoms with Gasteiger partial charge in [0, 0.05) is 24.5 Å². The number of methoxy groups -OCH3 is 1. The van der Waals surface area contributed by atoms with Crippen LogP contribution in [0.1, 0.15) is 30.1 Å². The van der Waals surface area contributed by atoms with Crippen LogP contribution in [-0.4, -0.2) is 32.2 Å². The number of piperidine rings is 1. The minimum absolute atomic E-state index is 0.310. The third kappa shape index (κ3) is 4.78. The molecule has 1 saturated heterocycles. The summed E-state index contributed by atoms with van der Waals surface area (Å²) in [5.74, 6) is 0.296. The van der Waals surface area contributed by atoms with Crippen molar-refractivity contribution in [3.63, 3.8) is 0 Å². The first-order valence-corrected chi connectivity index (χ1v) is 9.17. The summed E-state index contributed by atoms with van der Waals surface area (Å²) in [5, 5.41) is 5.49. The summed E-state index contributed by atoms with van der Waals surface area (Å²) in [5.41, 5.74) is 2.58. The molecule has 0 aromatic heterocycles. The van der Waals surface area contributed by atoms with Gasteiger partial charge in [0.2, 0.25) is 0 Å². The van der Waals surface area contributed by atoms with Gasteiger partial charge in [0.25, 0.3) is 0 Å². The highest BCUT2D eigenvalue weighted by Gasteiger charge is 2.16. The van der Waals surface area contributed by atoms with Crippen LogP contribution in [0.25, 0.3) is 0 Å². The fourth-order valence-electron chi connectivity index (χ4n) is 3.19. The molecular weight excluding hydrogens is 342 g/mol. The van der Waals surface area contributed by atoms with E-state index in [4.69, 9.17) is 4.74 Å². The Morgan fingerprint density at radius 3 is 2.33 bits per heavy atom. The number of carbonyl (C=O) groups is 2. The molecule has 0 saturated carbocycles. The molecule has 2 aromatic carbocycles. The third-order valence-electron chi connectivity index (χ3n) is 4.85. The zero-order valence-corrected chi connectivity index (χ0v) is 15.7. The molecule has 0 unspecified atom stereocenters. The highest BCUT2D eigenvalue weighted by molar-refractivity contribution is 6.05. The number of hydrogen-bond acceptors (Lipinski definition) is 4. The Hall–Kier alpha value is -3.02. The van der Waals surface area contributed by atoms with Gasteiger partial charge in [-0.3, -0.25) is 0 Å². The van der Waals surface area contributed by atoms with E-state index in [9.17, 15) is 9.59 Å². The first-order chi connectivity index (χ1) is 13.1. The molecule has 6 nitrogen and oxygen atoms in total. The third-order valence-corrected chi connectivity index (χ3v) is 4.85. The Morgan fingerprint density at radius 1 is 1.00 bits per heavy atom. The maximum Gasteiger partial charge on any atom is 0.339 e. The normalized spacial score (nSPS) is 14.5. The quantitative estimate of drug-likeness (QED) is 0.788. The van der Waals surface area contributed by atoms with E-state index in [0.717, 1.165) is 19.0 Å². The molecule has 0 radical (unpaired) electrons. The second kappa shape index (κ2) is 8.58. The topological polar surface area (TPSA) is 70.7 Å². The number of hydrogen-bond donors (Lipinski definition) is 2. The number of nitrogens with one attached hydrogen (secondary N) is 2. The molecule has 1 aliphatic rings. The lowest BCUT2D eigenvalue weighted by molar-refractivity contribution is 0.0602. The second-order valence-electron chi connectivity index (χ2n) is 6.83. The smallest absolute Gasteiger partial charge is 0.339 e. The molecule has 6 heteroatoms. The van der Waals surface area contributed by atoms with Gasteiger partial charge in [0.05, 0.1) is 18.4 Å². The van der Waals surface area contributed by atoms with Gasteiger partial charge in [-0.05, 0) is 55.2 Å². The van der Waals surface area contributed by atoms with E-state index >= 15 is 0 Å². The SMILES string of the molecule is COC(=O)c1ccccc1NC(=O)Nc1ccc(N2CCC(C)CC2)cc1. The number of nitrogens with zero attached hydrogens (tertiary/aromatic N) is 1. The molecule has 0 aliphatic carbocycles. The Balaban J connectivity index is 1.61. The zero-order chi connectivity index (χ0) is 19.2. The summed E-state index contributed by atoms with van der Waals surface area (Å²) in [4.78, 5) is 26.4. The van der Waals surface area contributed by atoms with Gasteiger partial charge < -0.3 is 20.3 Å². The summed E-state index contributed by atoms with van der Waals surface area (Å²) in [7, 11) is 1.31. The number of anilines is 3. The maximum atomic E-state index is 12.3. The van der Waals surface area contributed by atoms with Gasteiger partial charge in [0.15, 0.2) is 0 Å². The molecule has 1 aliphatic heterocycles. The Morgan fingerprint density at radius 2 is 1.67 bits per heavy atom. The Bertz CT molecular complexity index is 797. The molecule has 2 amide bonds. The summed E-state index contributed by atoms with van der Waals surface area (Å²) in [6.07, 6.45) is 2.42. The Labute approximate surface area is 159 Å². The van der Waals surface area contributed by atoms with Crippen LogP contribution in [0.15, 0.2) is 48.5 Å². The van der Waals surface area contributed by atoms with E-state index in [2.05, 4.69) is 22.5 Å². The first kappa shape index (κ1) is 18.8. The van der Waals surface area contributed by atoms with Crippen molar-refractivity contribution < 1.29 is 14.3 Å². The lowest BCUT2D eigenvalue weighted by atomic mass is 9.99. The van der Waals surface area contributed by atoms with E-state index in [1.54, 1.807) is 24.3 Å². The van der Waals surface area contributed by atoms with E-state index in [1.165, 1.54) is 25.6 Å². The average Bonchev–Trinajstić information content (AvgIpc) is 2.69. The predicted octanol–water partition coefficient (Wildman–Crippen LogP) is 4.35. The first-order valence-electron chi connectivity index (χ1n) is 9.17. The molecular formula is C21H25N3O3. The van der Waals surface area contributed by atoms with Crippen molar-refractivity contribution in [3.8, 4) is 0 Å². The number of esters is 1. The standard InChI is InChI=1S/C21H25N3O3/c1-15-11-13-24(14-12-15)17-9-7-16(8-10-17)22-21(26)23-19-6-4-3-5-18(19)20(25)27-2/h3-10,15H,11-14H2,1-2H3,(H2,22,23,26).